The van der Waals surface area contributed by atoms with Crippen LogP contribution < -0.4 is 0 Å². The number of aliphatic hydroxyl groups is 1. The monoisotopic (exact) mass is 339 g/mol. The normalized spacial score (nSPS) is 26.3. The molecule has 1 fully saturated rings. The van der Waals surface area contributed by atoms with E-state index in [2.05, 4.69) is 25.7 Å². The zero-order valence-corrected chi connectivity index (χ0v) is 15.0. The van der Waals surface area contributed by atoms with Crippen LogP contribution in [0.2, 0.25) is 0 Å². The van der Waals surface area contributed by atoms with Gasteiger partial charge in [0.1, 0.15) is 6.10 Å². The summed E-state index contributed by atoms with van der Waals surface area (Å²) in [5, 5.41) is 10.1. The third-order valence-electron chi connectivity index (χ3n) is 5.79. The van der Waals surface area contributed by atoms with Crippen LogP contribution in [0, 0.1) is 5.41 Å². The molecule has 1 saturated heterocycles. The lowest BCUT2D eigenvalue weighted by molar-refractivity contribution is -0.143. The van der Waals surface area contributed by atoms with Gasteiger partial charge in [0.2, 0.25) is 0 Å². The fourth-order valence-electron chi connectivity index (χ4n) is 4.23. The number of nitrogens with zero attached hydrogens (tertiary/aromatic N) is 1. The SMILES string of the molecule is CC(C)(C)CCN1CCC2(CC1)CC(F)(F)C(O)c1ccccc12.[HH]. The van der Waals surface area contributed by atoms with Gasteiger partial charge in [0.05, 0.1) is 0 Å². The topological polar surface area (TPSA) is 23.5 Å². The van der Waals surface area contributed by atoms with Crippen molar-refractivity contribution in [2.24, 2.45) is 5.41 Å². The summed E-state index contributed by atoms with van der Waals surface area (Å²) < 4.78 is 28.9. The van der Waals surface area contributed by atoms with Crippen molar-refractivity contribution in [2.45, 2.75) is 63.9 Å². The number of piperidine rings is 1. The van der Waals surface area contributed by atoms with Gasteiger partial charge in [-0.2, -0.15) is 0 Å². The van der Waals surface area contributed by atoms with Crippen molar-refractivity contribution in [3.8, 4) is 0 Å². The Hall–Kier alpha value is -1.00. The van der Waals surface area contributed by atoms with E-state index in [-0.39, 0.29) is 7.85 Å². The number of alkyl halides is 2. The molecule has 1 heterocycles. The maximum atomic E-state index is 14.4. The molecule has 1 spiro atoms. The number of hydrogen-bond acceptors (Lipinski definition) is 2. The van der Waals surface area contributed by atoms with Crippen LogP contribution in [-0.4, -0.2) is 35.6 Å². The average Bonchev–Trinajstić information content (AvgIpc) is 2.51. The molecule has 0 radical (unpaired) electrons. The van der Waals surface area contributed by atoms with Gasteiger partial charge in [0, 0.05) is 13.3 Å². The molecular formula is C20H31F2NO. The third-order valence-corrected chi connectivity index (χ3v) is 5.79. The van der Waals surface area contributed by atoms with Gasteiger partial charge in [-0.25, -0.2) is 8.78 Å². The molecule has 0 saturated carbocycles. The van der Waals surface area contributed by atoms with Gasteiger partial charge in [-0.15, -0.1) is 0 Å². The van der Waals surface area contributed by atoms with E-state index in [0.717, 1.165) is 44.5 Å². The summed E-state index contributed by atoms with van der Waals surface area (Å²) in [6.45, 7) is 9.45. The molecule has 4 heteroatoms. The number of hydrogen-bond donors (Lipinski definition) is 1. The van der Waals surface area contributed by atoms with Crippen molar-refractivity contribution >= 4 is 0 Å². The molecule has 0 aromatic heterocycles. The first-order valence-corrected chi connectivity index (χ1v) is 9.01. The second-order valence-corrected chi connectivity index (χ2v) is 8.86. The Labute approximate surface area is 145 Å². The highest BCUT2D eigenvalue weighted by atomic mass is 19.3. The van der Waals surface area contributed by atoms with Gasteiger partial charge in [-0.3, -0.25) is 0 Å². The number of halogens is 2. The zero-order valence-electron chi connectivity index (χ0n) is 15.0. The molecule has 1 unspecified atom stereocenters. The zero-order chi connectivity index (χ0) is 17.6. The van der Waals surface area contributed by atoms with Crippen molar-refractivity contribution in [2.75, 3.05) is 19.6 Å². The van der Waals surface area contributed by atoms with Crippen molar-refractivity contribution in [1.82, 2.24) is 4.90 Å². The van der Waals surface area contributed by atoms with Crippen LogP contribution in [0.5, 0.6) is 0 Å². The van der Waals surface area contributed by atoms with Gasteiger partial charge < -0.3 is 10.0 Å². The molecule has 1 aromatic carbocycles. The molecule has 1 aliphatic heterocycles. The second-order valence-electron chi connectivity index (χ2n) is 8.86. The molecule has 1 atom stereocenters. The van der Waals surface area contributed by atoms with E-state index >= 15 is 0 Å². The minimum absolute atomic E-state index is 0. The van der Waals surface area contributed by atoms with Crippen LogP contribution in [0.25, 0.3) is 0 Å². The van der Waals surface area contributed by atoms with E-state index in [1.165, 1.54) is 0 Å². The Kier molecular flexibility index (Phi) is 4.50. The van der Waals surface area contributed by atoms with E-state index in [9.17, 15) is 13.9 Å². The van der Waals surface area contributed by atoms with E-state index < -0.39 is 17.4 Å². The molecule has 1 aromatic rings. The molecule has 1 aliphatic carbocycles. The van der Waals surface area contributed by atoms with Crippen molar-refractivity contribution in [3.63, 3.8) is 0 Å². The minimum atomic E-state index is -3.04. The fraction of sp³-hybridized carbons (Fsp3) is 0.700. The Balaban J connectivity index is 0.00000225. The van der Waals surface area contributed by atoms with Crippen LogP contribution in [-0.2, 0) is 5.41 Å². The van der Waals surface area contributed by atoms with Crippen LogP contribution in [0.4, 0.5) is 8.78 Å². The number of aliphatic hydroxyl groups excluding tert-OH is 1. The van der Waals surface area contributed by atoms with Crippen molar-refractivity contribution in [3.05, 3.63) is 35.4 Å². The molecule has 2 aliphatic rings. The first-order chi connectivity index (χ1) is 11.1. The quantitative estimate of drug-likeness (QED) is 0.838. The Morgan fingerprint density at radius 3 is 2.46 bits per heavy atom. The third kappa shape index (κ3) is 3.36. The lowest BCUT2D eigenvalue weighted by Crippen LogP contribution is -2.50. The van der Waals surface area contributed by atoms with Crippen LogP contribution in [0.1, 0.15) is 65.1 Å². The van der Waals surface area contributed by atoms with Crippen molar-refractivity contribution < 1.29 is 15.3 Å². The molecule has 2 nitrogen and oxygen atoms in total. The van der Waals surface area contributed by atoms with E-state index in [0.29, 0.717) is 11.0 Å². The van der Waals surface area contributed by atoms with Crippen LogP contribution >= 0.6 is 0 Å². The predicted molar refractivity (Wildman–Crippen MR) is 94.5 cm³/mol. The molecular weight excluding hydrogens is 308 g/mol. The first kappa shape index (κ1) is 17.8. The largest absolute Gasteiger partial charge is 0.382 e. The summed E-state index contributed by atoms with van der Waals surface area (Å²) in [6, 6.07) is 7.26. The van der Waals surface area contributed by atoms with Gasteiger partial charge in [-0.05, 0) is 55.4 Å². The standard InChI is InChI=1S/C20H29F2NO.H2/c1-18(2,3)8-11-23-12-9-19(10-13-23)14-20(21,22)17(24)15-6-4-5-7-16(15)19;/h4-7,17,24H,8-14H2,1-3H3;1H. The Morgan fingerprint density at radius 2 is 1.83 bits per heavy atom. The van der Waals surface area contributed by atoms with Crippen LogP contribution in [0.3, 0.4) is 0 Å². The molecule has 0 bridgehead atoms. The number of benzene rings is 1. The average molecular weight is 339 g/mol. The summed E-state index contributed by atoms with van der Waals surface area (Å²) in [4.78, 5) is 2.41. The lowest BCUT2D eigenvalue weighted by atomic mass is 9.63. The molecule has 24 heavy (non-hydrogen) atoms. The van der Waals surface area contributed by atoms with Gasteiger partial charge in [0.15, 0.2) is 0 Å². The molecule has 1 N–H and O–H groups in total. The number of likely N-dealkylation sites (tertiary alicyclic amines) is 1. The smallest absolute Gasteiger partial charge is 0.278 e. The van der Waals surface area contributed by atoms with E-state index in [4.69, 9.17) is 0 Å². The second kappa shape index (κ2) is 6.06. The lowest BCUT2D eigenvalue weighted by Gasteiger charge is -2.49. The van der Waals surface area contributed by atoms with Gasteiger partial charge in [0.25, 0.3) is 5.92 Å². The highest BCUT2D eigenvalue weighted by molar-refractivity contribution is 5.41. The highest BCUT2D eigenvalue weighted by Gasteiger charge is 2.54. The first-order valence-electron chi connectivity index (χ1n) is 9.01. The van der Waals surface area contributed by atoms with Crippen molar-refractivity contribution in [1.29, 1.82) is 0 Å². The molecule has 136 valence electrons. The van der Waals surface area contributed by atoms with Gasteiger partial charge in [-0.1, -0.05) is 45.0 Å². The summed E-state index contributed by atoms with van der Waals surface area (Å²) >= 11 is 0. The minimum Gasteiger partial charge on any atom is -0.382 e. The van der Waals surface area contributed by atoms with Gasteiger partial charge >= 0.3 is 0 Å². The number of rotatable bonds is 2. The molecule has 0 amide bonds. The highest BCUT2D eigenvalue weighted by Crippen LogP contribution is 2.53. The predicted octanol–water partition coefficient (Wildman–Crippen LogP) is 4.77. The Morgan fingerprint density at radius 1 is 1.21 bits per heavy atom. The summed E-state index contributed by atoms with van der Waals surface area (Å²) in [5.41, 5.74) is 1.18. The Bertz CT molecular complexity index is 592. The van der Waals surface area contributed by atoms with Crippen LogP contribution in [0.15, 0.2) is 24.3 Å². The maximum Gasteiger partial charge on any atom is 0.278 e. The number of fused-ring (bicyclic) bond motifs is 2. The van der Waals surface area contributed by atoms with E-state index in [1.807, 2.05) is 12.1 Å². The maximum absolute atomic E-state index is 14.4. The fourth-order valence-corrected chi connectivity index (χ4v) is 4.23. The summed E-state index contributed by atoms with van der Waals surface area (Å²) in [6.07, 6.45) is 0.710. The van der Waals surface area contributed by atoms with E-state index in [1.54, 1.807) is 12.1 Å². The summed E-state index contributed by atoms with van der Waals surface area (Å²) in [7, 11) is 0. The summed E-state index contributed by atoms with van der Waals surface area (Å²) in [5.74, 6) is -3.04. The molecule has 3 rings (SSSR count).